The van der Waals surface area contributed by atoms with Crippen LogP contribution in [0.25, 0.3) is 0 Å². The molecule has 2 heterocycles. The number of benzene rings is 1. The first-order chi connectivity index (χ1) is 15.1. The van der Waals surface area contributed by atoms with Gasteiger partial charge in [-0.05, 0) is 44.6 Å². The summed E-state index contributed by atoms with van der Waals surface area (Å²) < 4.78 is 2.00. The van der Waals surface area contributed by atoms with E-state index in [1.807, 2.05) is 18.5 Å². The van der Waals surface area contributed by atoms with Gasteiger partial charge in [0.25, 0.3) is 0 Å². The normalized spacial score (nSPS) is 20.8. The minimum atomic E-state index is 0. The van der Waals surface area contributed by atoms with E-state index in [2.05, 4.69) is 63.0 Å². The number of rotatable bonds is 7. The monoisotopic (exact) mass is 551 g/mol. The Kier molecular flexibility index (Phi) is 9.34. The second kappa shape index (κ2) is 12.0. The topological polar surface area (TPSA) is 70.4 Å². The van der Waals surface area contributed by atoms with Crippen molar-refractivity contribution >= 4 is 29.9 Å². The van der Waals surface area contributed by atoms with Crippen LogP contribution in [0.2, 0.25) is 0 Å². The van der Waals surface area contributed by atoms with Gasteiger partial charge in [0.15, 0.2) is 11.8 Å². The fraction of sp³-hybridized carbons (Fsp3) is 0.625. The lowest BCUT2D eigenvalue weighted by molar-refractivity contribution is 0.275. The Morgan fingerprint density at radius 1 is 1.16 bits per heavy atom. The lowest BCUT2D eigenvalue weighted by Gasteiger charge is -2.23. The number of nitrogens with zero attached hydrogens (tertiary/aromatic N) is 5. The van der Waals surface area contributed by atoms with E-state index in [0.717, 1.165) is 36.5 Å². The van der Waals surface area contributed by atoms with Crippen molar-refractivity contribution in [3.8, 4) is 0 Å². The highest BCUT2D eigenvalue weighted by Crippen LogP contribution is 2.26. The Labute approximate surface area is 209 Å². The summed E-state index contributed by atoms with van der Waals surface area (Å²) in [6.07, 6.45) is 6.82. The van der Waals surface area contributed by atoms with Crippen LogP contribution in [0.3, 0.4) is 0 Å². The van der Waals surface area contributed by atoms with Gasteiger partial charge in [-0.25, -0.2) is 4.99 Å². The molecule has 2 unspecified atom stereocenters. The molecule has 1 aromatic carbocycles. The van der Waals surface area contributed by atoms with Gasteiger partial charge in [0.05, 0.1) is 6.04 Å². The highest BCUT2D eigenvalue weighted by atomic mass is 127. The summed E-state index contributed by atoms with van der Waals surface area (Å²) in [5.74, 6) is 3.54. The van der Waals surface area contributed by atoms with Gasteiger partial charge in [-0.3, -0.25) is 0 Å². The standard InChI is InChI=1S/C24H37N7.HI/c1-18(21-11-5-4-6-12-21)26-24(25-15-23-29-28-19(2)30(23)3)27-22-13-14-31(17-22)16-20-9-7-8-10-20;/h4-6,11-12,18,20,22H,7-10,13-17H2,1-3H3,(H2,25,26,27);1H. The molecule has 1 aromatic heterocycles. The third kappa shape index (κ3) is 6.66. The molecule has 2 aromatic rings. The van der Waals surface area contributed by atoms with Crippen molar-refractivity contribution in [3.05, 3.63) is 47.5 Å². The van der Waals surface area contributed by atoms with Crippen molar-refractivity contribution in [3.63, 3.8) is 0 Å². The average Bonchev–Trinajstić information content (AvgIpc) is 3.52. The van der Waals surface area contributed by atoms with Gasteiger partial charge in [-0.2, -0.15) is 0 Å². The first kappa shape index (κ1) is 25.0. The molecular formula is C24H38IN7. The summed E-state index contributed by atoms with van der Waals surface area (Å²) in [5.41, 5.74) is 1.25. The van der Waals surface area contributed by atoms with Crippen molar-refractivity contribution < 1.29 is 0 Å². The van der Waals surface area contributed by atoms with E-state index in [9.17, 15) is 0 Å². The molecule has 4 rings (SSSR count). The smallest absolute Gasteiger partial charge is 0.192 e. The van der Waals surface area contributed by atoms with E-state index in [-0.39, 0.29) is 30.0 Å². The van der Waals surface area contributed by atoms with Crippen molar-refractivity contribution in [1.29, 1.82) is 0 Å². The van der Waals surface area contributed by atoms with E-state index in [1.54, 1.807) is 0 Å². The third-order valence-electron chi connectivity index (χ3n) is 6.82. The first-order valence-corrected chi connectivity index (χ1v) is 11.8. The Bertz CT molecular complexity index is 860. The number of aromatic nitrogens is 3. The maximum atomic E-state index is 4.88. The lowest BCUT2D eigenvalue weighted by atomic mass is 10.1. The van der Waals surface area contributed by atoms with Crippen LogP contribution in [0.4, 0.5) is 0 Å². The zero-order valence-electron chi connectivity index (χ0n) is 19.6. The molecule has 8 heteroatoms. The Morgan fingerprint density at radius 3 is 2.59 bits per heavy atom. The number of hydrogen-bond donors (Lipinski definition) is 2. The summed E-state index contributed by atoms with van der Waals surface area (Å²) in [6.45, 7) is 8.19. The largest absolute Gasteiger partial charge is 0.352 e. The van der Waals surface area contributed by atoms with E-state index in [4.69, 9.17) is 4.99 Å². The van der Waals surface area contributed by atoms with E-state index in [0.29, 0.717) is 12.6 Å². The average molecular weight is 552 g/mol. The highest BCUT2D eigenvalue weighted by molar-refractivity contribution is 14.0. The number of aliphatic imine (C=N–C) groups is 1. The molecule has 1 saturated heterocycles. The molecule has 0 radical (unpaired) electrons. The maximum absolute atomic E-state index is 4.88. The molecule has 2 aliphatic rings. The van der Waals surface area contributed by atoms with Crippen LogP contribution in [0.5, 0.6) is 0 Å². The first-order valence-electron chi connectivity index (χ1n) is 11.8. The fourth-order valence-corrected chi connectivity index (χ4v) is 4.77. The van der Waals surface area contributed by atoms with Crippen LogP contribution in [0.1, 0.15) is 62.3 Å². The van der Waals surface area contributed by atoms with Gasteiger partial charge in [-0.15, -0.1) is 34.2 Å². The Morgan fingerprint density at radius 2 is 1.91 bits per heavy atom. The predicted molar refractivity (Wildman–Crippen MR) is 140 cm³/mol. The molecular weight excluding hydrogens is 513 g/mol. The zero-order chi connectivity index (χ0) is 21.6. The maximum Gasteiger partial charge on any atom is 0.192 e. The molecule has 32 heavy (non-hydrogen) atoms. The Hall–Kier alpha value is -1.68. The van der Waals surface area contributed by atoms with Crippen LogP contribution < -0.4 is 10.6 Å². The molecule has 0 bridgehead atoms. The van der Waals surface area contributed by atoms with E-state index < -0.39 is 0 Å². The van der Waals surface area contributed by atoms with E-state index in [1.165, 1.54) is 44.3 Å². The van der Waals surface area contributed by atoms with E-state index >= 15 is 0 Å². The van der Waals surface area contributed by atoms with Crippen LogP contribution in [-0.2, 0) is 13.6 Å². The van der Waals surface area contributed by atoms with Crippen LogP contribution in [0.15, 0.2) is 35.3 Å². The lowest BCUT2D eigenvalue weighted by Crippen LogP contribution is -2.45. The van der Waals surface area contributed by atoms with Gasteiger partial charge in [-0.1, -0.05) is 43.2 Å². The molecule has 176 valence electrons. The molecule has 0 amide bonds. The van der Waals surface area contributed by atoms with Gasteiger partial charge in [0.1, 0.15) is 12.4 Å². The third-order valence-corrected chi connectivity index (χ3v) is 6.82. The fourth-order valence-electron chi connectivity index (χ4n) is 4.77. The molecule has 2 fully saturated rings. The summed E-state index contributed by atoms with van der Waals surface area (Å²) >= 11 is 0. The minimum Gasteiger partial charge on any atom is -0.352 e. The van der Waals surface area contributed by atoms with Crippen LogP contribution >= 0.6 is 24.0 Å². The minimum absolute atomic E-state index is 0. The molecule has 2 atom stereocenters. The number of hydrogen-bond acceptors (Lipinski definition) is 4. The number of guanidine groups is 1. The van der Waals surface area contributed by atoms with Gasteiger partial charge in [0.2, 0.25) is 0 Å². The number of aryl methyl sites for hydroxylation is 1. The van der Waals surface area contributed by atoms with Crippen LogP contribution in [-0.4, -0.2) is 51.3 Å². The Balaban J connectivity index is 0.00000289. The number of nitrogens with one attached hydrogen (secondary N) is 2. The summed E-state index contributed by atoms with van der Waals surface area (Å²) in [7, 11) is 1.99. The molecule has 0 spiro atoms. The number of halogens is 1. The molecule has 7 nitrogen and oxygen atoms in total. The van der Waals surface area contributed by atoms with Gasteiger partial charge < -0.3 is 20.1 Å². The highest BCUT2D eigenvalue weighted by Gasteiger charge is 2.27. The summed E-state index contributed by atoms with van der Waals surface area (Å²) in [5, 5.41) is 15.7. The quantitative estimate of drug-likeness (QED) is 0.311. The van der Waals surface area contributed by atoms with Crippen molar-refractivity contribution in [2.75, 3.05) is 19.6 Å². The second-order valence-corrected chi connectivity index (χ2v) is 9.20. The van der Waals surface area contributed by atoms with Crippen LogP contribution in [0, 0.1) is 12.8 Å². The van der Waals surface area contributed by atoms with Crippen molar-refractivity contribution in [2.45, 2.75) is 64.6 Å². The zero-order valence-corrected chi connectivity index (χ0v) is 22.0. The molecule has 1 aliphatic carbocycles. The molecule has 2 N–H and O–H groups in total. The SMILES string of the molecule is Cc1nnc(CN=C(NC2CCN(CC3CCCC3)C2)NC(C)c2ccccc2)n1C.I. The van der Waals surface area contributed by atoms with Gasteiger partial charge in [0, 0.05) is 32.7 Å². The molecule has 1 saturated carbocycles. The van der Waals surface area contributed by atoms with Crippen molar-refractivity contribution in [2.24, 2.45) is 18.0 Å². The predicted octanol–water partition coefficient (Wildman–Crippen LogP) is 3.80. The molecule has 1 aliphatic heterocycles. The van der Waals surface area contributed by atoms with Gasteiger partial charge >= 0.3 is 0 Å². The number of likely N-dealkylation sites (tertiary alicyclic amines) is 1. The summed E-state index contributed by atoms with van der Waals surface area (Å²) in [4.78, 5) is 7.51. The summed E-state index contributed by atoms with van der Waals surface area (Å²) in [6, 6.07) is 11.1. The second-order valence-electron chi connectivity index (χ2n) is 9.20. The van der Waals surface area contributed by atoms with Crippen molar-refractivity contribution in [1.82, 2.24) is 30.3 Å².